The molecule has 3 saturated carbocycles. The first-order valence-electron chi connectivity index (χ1n) is 12.8. The van der Waals surface area contributed by atoms with Crippen LogP contribution >= 0.6 is 0 Å². The lowest BCUT2D eigenvalue weighted by atomic mass is 9.48. The third-order valence-corrected chi connectivity index (χ3v) is 8.52. The minimum absolute atomic E-state index is 0.0842. The number of fused-ring (bicyclic) bond motifs is 1. The number of hydrogen-bond acceptors (Lipinski definition) is 6. The summed E-state index contributed by atoms with van der Waals surface area (Å²) in [5.41, 5.74) is 2.69. The SMILES string of the molecule is CC(C)n1cc(-c2ccc(Nc3ncc4c(n3)N(C35CC(C3)C5)C(=O)[C@]3(CCNC3=O)C4)cc2)cn1. The van der Waals surface area contributed by atoms with E-state index >= 15 is 0 Å². The highest BCUT2D eigenvalue weighted by atomic mass is 16.2. The Morgan fingerprint density at radius 2 is 1.86 bits per heavy atom. The Balaban J connectivity index is 1.18. The van der Waals surface area contributed by atoms with Gasteiger partial charge in [0, 0.05) is 48.2 Å². The number of carbonyl (C=O) groups excluding carboxylic acids is 2. The summed E-state index contributed by atoms with van der Waals surface area (Å²) in [4.78, 5) is 37.9. The number of aromatic nitrogens is 4. The van der Waals surface area contributed by atoms with E-state index in [1.54, 1.807) is 6.20 Å². The molecule has 2 aromatic heterocycles. The highest BCUT2D eigenvalue weighted by Gasteiger charge is 2.67. The van der Waals surface area contributed by atoms with Crippen molar-refractivity contribution in [3.8, 4) is 11.1 Å². The molecule has 4 heterocycles. The average molecular weight is 484 g/mol. The van der Waals surface area contributed by atoms with Crippen LogP contribution in [0.5, 0.6) is 0 Å². The summed E-state index contributed by atoms with van der Waals surface area (Å²) in [7, 11) is 0. The molecular weight excluding hydrogens is 454 g/mol. The first-order valence-corrected chi connectivity index (χ1v) is 12.8. The van der Waals surface area contributed by atoms with E-state index in [1.165, 1.54) is 0 Å². The third kappa shape index (κ3) is 2.98. The summed E-state index contributed by atoms with van der Waals surface area (Å²) in [6, 6.07) is 8.39. The molecule has 1 atom stereocenters. The van der Waals surface area contributed by atoms with Crippen LogP contribution in [0.1, 0.15) is 51.1 Å². The van der Waals surface area contributed by atoms with Crippen LogP contribution in [-0.2, 0) is 16.0 Å². The molecule has 36 heavy (non-hydrogen) atoms. The van der Waals surface area contributed by atoms with Crippen LogP contribution in [-0.4, -0.2) is 43.6 Å². The molecular formula is C27H29N7O2. The second-order valence-electron chi connectivity index (χ2n) is 11.2. The van der Waals surface area contributed by atoms with Crippen molar-refractivity contribution >= 4 is 29.3 Å². The van der Waals surface area contributed by atoms with E-state index in [-0.39, 0.29) is 17.4 Å². The van der Waals surface area contributed by atoms with Crippen molar-refractivity contribution in [3.63, 3.8) is 0 Å². The fourth-order valence-electron chi connectivity index (χ4n) is 6.32. The summed E-state index contributed by atoms with van der Waals surface area (Å²) in [5, 5.41) is 10.6. The van der Waals surface area contributed by atoms with Crippen LogP contribution in [0.25, 0.3) is 11.1 Å². The molecule has 0 unspecified atom stereocenters. The van der Waals surface area contributed by atoms with E-state index in [0.29, 0.717) is 43.1 Å². The number of anilines is 3. The number of rotatable bonds is 5. The van der Waals surface area contributed by atoms with Gasteiger partial charge in [0.1, 0.15) is 11.2 Å². The molecule has 8 rings (SSSR count). The number of carbonyl (C=O) groups is 2. The van der Waals surface area contributed by atoms with Crippen molar-refractivity contribution in [3.05, 3.63) is 48.4 Å². The van der Waals surface area contributed by atoms with Crippen LogP contribution in [0.4, 0.5) is 17.5 Å². The van der Waals surface area contributed by atoms with E-state index in [2.05, 4.69) is 34.6 Å². The molecule has 1 saturated heterocycles. The Morgan fingerprint density at radius 1 is 1.08 bits per heavy atom. The molecule has 2 aliphatic heterocycles. The van der Waals surface area contributed by atoms with Crippen LogP contribution in [0.2, 0.25) is 0 Å². The van der Waals surface area contributed by atoms with Crippen LogP contribution in [0.15, 0.2) is 42.9 Å². The number of benzene rings is 1. The molecule has 5 aliphatic rings. The van der Waals surface area contributed by atoms with Gasteiger partial charge in [0.2, 0.25) is 17.8 Å². The predicted octanol–water partition coefficient (Wildman–Crippen LogP) is 3.61. The maximum atomic E-state index is 13.8. The van der Waals surface area contributed by atoms with Crippen LogP contribution in [0.3, 0.4) is 0 Å². The van der Waals surface area contributed by atoms with E-state index in [4.69, 9.17) is 4.98 Å². The predicted molar refractivity (Wildman–Crippen MR) is 135 cm³/mol. The Morgan fingerprint density at radius 3 is 2.47 bits per heavy atom. The highest BCUT2D eigenvalue weighted by Crippen LogP contribution is 2.63. The summed E-state index contributed by atoms with van der Waals surface area (Å²) in [6.45, 7) is 4.75. The summed E-state index contributed by atoms with van der Waals surface area (Å²) in [5.74, 6) is 1.57. The largest absolute Gasteiger partial charge is 0.355 e. The molecule has 3 aromatic rings. The maximum absolute atomic E-state index is 13.8. The summed E-state index contributed by atoms with van der Waals surface area (Å²) >= 11 is 0. The van der Waals surface area contributed by atoms with Gasteiger partial charge in [-0.15, -0.1) is 0 Å². The van der Waals surface area contributed by atoms with Crippen molar-refractivity contribution in [2.45, 2.75) is 57.5 Å². The van der Waals surface area contributed by atoms with Gasteiger partial charge in [-0.25, -0.2) is 4.98 Å². The number of amides is 2. The number of nitrogens with zero attached hydrogens (tertiary/aromatic N) is 5. The lowest BCUT2D eigenvalue weighted by Crippen LogP contribution is -2.73. The fourth-order valence-corrected chi connectivity index (χ4v) is 6.32. The molecule has 184 valence electrons. The van der Waals surface area contributed by atoms with Gasteiger partial charge >= 0.3 is 0 Å². The van der Waals surface area contributed by atoms with Crippen molar-refractivity contribution in [2.75, 3.05) is 16.8 Å². The van der Waals surface area contributed by atoms with Crippen LogP contribution in [0, 0.1) is 11.3 Å². The second kappa shape index (κ2) is 7.38. The molecule has 2 N–H and O–H groups in total. The molecule has 0 radical (unpaired) electrons. The Labute approximate surface area is 209 Å². The first kappa shape index (κ1) is 21.5. The normalized spacial score (nSPS) is 28.1. The minimum Gasteiger partial charge on any atom is -0.355 e. The zero-order valence-electron chi connectivity index (χ0n) is 20.5. The topological polar surface area (TPSA) is 105 Å². The smallest absolute Gasteiger partial charge is 0.244 e. The first-order chi connectivity index (χ1) is 17.4. The molecule has 2 bridgehead atoms. The minimum atomic E-state index is -1.01. The molecule has 9 nitrogen and oxygen atoms in total. The zero-order chi connectivity index (χ0) is 24.7. The monoisotopic (exact) mass is 483 g/mol. The van der Waals surface area contributed by atoms with E-state index in [1.807, 2.05) is 46.2 Å². The number of nitrogens with one attached hydrogen (secondary N) is 2. The van der Waals surface area contributed by atoms with E-state index in [9.17, 15) is 9.59 Å². The van der Waals surface area contributed by atoms with Gasteiger partial charge in [-0.1, -0.05) is 12.1 Å². The van der Waals surface area contributed by atoms with Crippen molar-refractivity contribution < 1.29 is 9.59 Å². The van der Waals surface area contributed by atoms with Gasteiger partial charge in [-0.3, -0.25) is 19.2 Å². The molecule has 2 amide bonds. The van der Waals surface area contributed by atoms with Crippen molar-refractivity contribution in [1.29, 1.82) is 0 Å². The zero-order valence-corrected chi connectivity index (χ0v) is 20.5. The van der Waals surface area contributed by atoms with Gasteiger partial charge in [-0.2, -0.15) is 10.1 Å². The van der Waals surface area contributed by atoms with Crippen molar-refractivity contribution in [1.82, 2.24) is 25.1 Å². The quantitative estimate of drug-likeness (QED) is 0.537. The van der Waals surface area contributed by atoms with Crippen LogP contribution < -0.4 is 15.5 Å². The molecule has 1 aromatic carbocycles. The van der Waals surface area contributed by atoms with E-state index < -0.39 is 5.41 Å². The highest BCUT2D eigenvalue weighted by molar-refractivity contribution is 6.15. The summed E-state index contributed by atoms with van der Waals surface area (Å²) in [6.07, 6.45) is 9.60. The third-order valence-electron chi connectivity index (χ3n) is 8.52. The van der Waals surface area contributed by atoms with Gasteiger partial charge in [0.05, 0.1) is 11.7 Å². The molecule has 9 heteroatoms. The van der Waals surface area contributed by atoms with Gasteiger partial charge in [-0.05, 0) is 63.1 Å². The van der Waals surface area contributed by atoms with Gasteiger partial charge in [0.15, 0.2) is 0 Å². The van der Waals surface area contributed by atoms with Crippen molar-refractivity contribution in [2.24, 2.45) is 11.3 Å². The Kier molecular flexibility index (Phi) is 4.41. The molecule has 1 spiro atoms. The fraction of sp³-hybridized carbons (Fsp3) is 0.444. The molecule has 4 fully saturated rings. The van der Waals surface area contributed by atoms with Gasteiger partial charge < -0.3 is 10.6 Å². The second-order valence-corrected chi connectivity index (χ2v) is 11.2. The lowest BCUT2D eigenvalue weighted by molar-refractivity contribution is -0.144. The Hall–Kier alpha value is -3.75. The van der Waals surface area contributed by atoms with E-state index in [0.717, 1.165) is 41.6 Å². The average Bonchev–Trinajstić information content (AvgIpc) is 3.44. The lowest BCUT2D eigenvalue weighted by Gasteiger charge is -2.67. The Bertz CT molecular complexity index is 1380. The maximum Gasteiger partial charge on any atom is 0.244 e. The van der Waals surface area contributed by atoms with Gasteiger partial charge in [0.25, 0.3) is 0 Å². The number of hydrogen-bond donors (Lipinski definition) is 2. The standard InChI is InChI=1S/C27H29N7O2/c1-16(2)33-15-20(14-30-33)18-3-5-21(6-4-18)31-25-29-13-19-12-27(7-8-28-23(27)35)24(36)34(22(19)32-25)26-9-17(10-26)11-26/h3-6,13-17H,7-12H2,1-2H3,(H,28,35)(H,29,31,32)/t17?,26?,27-/m1/s1. The summed E-state index contributed by atoms with van der Waals surface area (Å²) < 4.78 is 1.95. The molecule has 3 aliphatic carbocycles.